The number of nitrogens with zero attached hydrogens (tertiary/aromatic N) is 1. The van der Waals surface area contributed by atoms with Crippen LogP contribution in [-0.4, -0.2) is 28.0 Å². The lowest BCUT2D eigenvalue weighted by molar-refractivity contribution is -0.137. The highest BCUT2D eigenvalue weighted by Gasteiger charge is 2.20. The van der Waals surface area contributed by atoms with Gasteiger partial charge in [0, 0.05) is 17.3 Å². The molecule has 0 spiro atoms. The molecule has 0 aliphatic rings. The summed E-state index contributed by atoms with van der Waals surface area (Å²) in [6.45, 7) is 5.76. The molecule has 0 fully saturated rings. The molecule has 0 bridgehead atoms. The average Bonchev–Trinajstić information content (AvgIpc) is 2.36. The molecule has 0 radical (unpaired) electrons. The molecule has 1 atom stereocenters. The van der Waals surface area contributed by atoms with Crippen LogP contribution in [0.2, 0.25) is 5.15 Å². The summed E-state index contributed by atoms with van der Waals surface area (Å²) in [6, 6.07) is 2.77. The number of rotatable bonds is 7. The van der Waals surface area contributed by atoms with Crippen molar-refractivity contribution < 1.29 is 14.7 Å². The van der Waals surface area contributed by atoms with Gasteiger partial charge in [0.1, 0.15) is 5.15 Å². The van der Waals surface area contributed by atoms with Gasteiger partial charge < -0.3 is 10.4 Å². The van der Waals surface area contributed by atoms with E-state index in [1.54, 1.807) is 6.07 Å². The van der Waals surface area contributed by atoms with Gasteiger partial charge in [-0.05, 0) is 24.5 Å². The first kappa shape index (κ1) is 17.4. The van der Waals surface area contributed by atoms with Crippen LogP contribution in [0.4, 0.5) is 0 Å². The van der Waals surface area contributed by atoms with Gasteiger partial charge in [-0.1, -0.05) is 38.8 Å². The molecule has 116 valence electrons. The third-order valence-corrected chi connectivity index (χ3v) is 3.32. The fourth-order valence-corrected chi connectivity index (χ4v) is 2.19. The Hall–Kier alpha value is -1.62. The second kappa shape index (κ2) is 7.98. The van der Waals surface area contributed by atoms with Crippen LogP contribution >= 0.6 is 11.6 Å². The molecule has 1 unspecified atom stereocenters. The number of carboxylic acids is 1. The van der Waals surface area contributed by atoms with Crippen LogP contribution in [0.3, 0.4) is 0 Å². The number of hydrogen-bond acceptors (Lipinski definition) is 3. The van der Waals surface area contributed by atoms with Crippen molar-refractivity contribution in [2.45, 2.75) is 46.1 Å². The van der Waals surface area contributed by atoms with Gasteiger partial charge in [0.25, 0.3) is 5.91 Å². The van der Waals surface area contributed by atoms with Crippen molar-refractivity contribution in [1.82, 2.24) is 10.3 Å². The molecule has 0 saturated heterocycles. The zero-order valence-electron chi connectivity index (χ0n) is 12.5. The third-order valence-electron chi connectivity index (χ3n) is 3.13. The second-order valence-electron chi connectivity index (χ2n) is 5.34. The van der Waals surface area contributed by atoms with Gasteiger partial charge in [-0.25, -0.2) is 4.98 Å². The van der Waals surface area contributed by atoms with Crippen LogP contribution in [0.25, 0.3) is 0 Å². The van der Waals surface area contributed by atoms with E-state index in [1.807, 2.05) is 20.8 Å². The van der Waals surface area contributed by atoms with Crippen LogP contribution < -0.4 is 5.32 Å². The topological polar surface area (TPSA) is 79.3 Å². The van der Waals surface area contributed by atoms with Gasteiger partial charge in [-0.15, -0.1) is 0 Å². The maximum atomic E-state index is 12.3. The van der Waals surface area contributed by atoms with Crippen molar-refractivity contribution in [2.24, 2.45) is 5.92 Å². The van der Waals surface area contributed by atoms with Gasteiger partial charge in [0.2, 0.25) is 0 Å². The number of aromatic nitrogens is 1. The van der Waals surface area contributed by atoms with Gasteiger partial charge in [-0.3, -0.25) is 9.59 Å². The van der Waals surface area contributed by atoms with E-state index in [1.165, 1.54) is 6.07 Å². The molecule has 1 rings (SSSR count). The molecule has 1 aromatic heterocycles. The summed E-state index contributed by atoms with van der Waals surface area (Å²) in [7, 11) is 0. The molecule has 6 heteroatoms. The average molecular weight is 313 g/mol. The second-order valence-corrected chi connectivity index (χ2v) is 5.73. The summed E-state index contributed by atoms with van der Waals surface area (Å²) >= 11 is 5.93. The number of nitrogens with one attached hydrogen (secondary N) is 1. The summed E-state index contributed by atoms with van der Waals surface area (Å²) in [6.07, 6.45) is 1.54. The summed E-state index contributed by atoms with van der Waals surface area (Å²) in [4.78, 5) is 27.3. The first-order valence-corrected chi connectivity index (χ1v) is 7.40. The normalized spacial score (nSPS) is 12.2. The van der Waals surface area contributed by atoms with E-state index < -0.39 is 12.0 Å². The number of pyridine rings is 1. The highest BCUT2D eigenvalue weighted by atomic mass is 35.5. The Morgan fingerprint density at radius 2 is 2.05 bits per heavy atom. The van der Waals surface area contributed by atoms with Crippen molar-refractivity contribution in [1.29, 1.82) is 0 Å². The number of hydrogen-bond donors (Lipinski definition) is 2. The molecule has 0 aromatic carbocycles. The van der Waals surface area contributed by atoms with E-state index in [9.17, 15) is 9.59 Å². The molecule has 0 aliphatic carbocycles. The SMILES string of the molecule is CCCc1cc(C(=O)NC(CC(=O)O)C(C)C)cc(Cl)n1. The van der Waals surface area contributed by atoms with E-state index >= 15 is 0 Å². The number of halogens is 1. The first-order valence-electron chi connectivity index (χ1n) is 7.02. The van der Waals surface area contributed by atoms with Gasteiger partial charge in [-0.2, -0.15) is 0 Å². The van der Waals surface area contributed by atoms with Crippen molar-refractivity contribution in [3.63, 3.8) is 0 Å². The zero-order chi connectivity index (χ0) is 16.0. The van der Waals surface area contributed by atoms with E-state index in [0.717, 1.165) is 18.5 Å². The molecule has 1 amide bonds. The Balaban J connectivity index is 2.89. The zero-order valence-corrected chi connectivity index (χ0v) is 13.3. The summed E-state index contributed by atoms with van der Waals surface area (Å²) in [5, 5.41) is 11.9. The summed E-state index contributed by atoms with van der Waals surface area (Å²) < 4.78 is 0. The Labute approximate surface area is 129 Å². The van der Waals surface area contributed by atoms with Crippen LogP contribution in [0.1, 0.15) is 49.7 Å². The quantitative estimate of drug-likeness (QED) is 0.759. The number of carbonyl (C=O) groups excluding carboxylic acids is 1. The maximum Gasteiger partial charge on any atom is 0.305 e. The van der Waals surface area contributed by atoms with Crippen molar-refractivity contribution in [3.05, 3.63) is 28.5 Å². The largest absolute Gasteiger partial charge is 0.481 e. The molecular formula is C15H21ClN2O3. The molecule has 1 heterocycles. The molecule has 5 nitrogen and oxygen atoms in total. The molecular weight excluding hydrogens is 292 g/mol. The Kier molecular flexibility index (Phi) is 6.62. The number of amides is 1. The molecule has 2 N–H and O–H groups in total. The van der Waals surface area contributed by atoms with Crippen LogP contribution in [0.15, 0.2) is 12.1 Å². The number of aryl methyl sites for hydroxylation is 1. The molecule has 1 aromatic rings. The lowest BCUT2D eigenvalue weighted by atomic mass is 10.0. The number of aliphatic carboxylic acids is 1. The fourth-order valence-electron chi connectivity index (χ4n) is 1.96. The molecule has 0 saturated carbocycles. The molecule has 21 heavy (non-hydrogen) atoms. The standard InChI is InChI=1S/C15H21ClN2O3/c1-4-5-11-6-10(7-13(16)17-11)15(21)18-12(9(2)3)8-14(19)20/h6-7,9,12H,4-5,8H2,1-3H3,(H,18,21)(H,19,20). The summed E-state index contributed by atoms with van der Waals surface area (Å²) in [5.41, 5.74) is 1.17. The predicted octanol–water partition coefficient (Wildman–Crippen LogP) is 2.92. The Morgan fingerprint density at radius 1 is 1.38 bits per heavy atom. The minimum absolute atomic E-state index is 0.0254. The van der Waals surface area contributed by atoms with E-state index in [-0.39, 0.29) is 23.4 Å². The van der Waals surface area contributed by atoms with Crippen molar-refractivity contribution >= 4 is 23.5 Å². The highest BCUT2D eigenvalue weighted by molar-refractivity contribution is 6.29. The lowest BCUT2D eigenvalue weighted by Crippen LogP contribution is -2.40. The minimum atomic E-state index is -0.937. The monoisotopic (exact) mass is 312 g/mol. The smallest absolute Gasteiger partial charge is 0.305 e. The van der Waals surface area contributed by atoms with Crippen LogP contribution in [0, 0.1) is 5.92 Å². The number of carbonyl (C=O) groups is 2. The van der Waals surface area contributed by atoms with Gasteiger partial charge in [0.05, 0.1) is 6.42 Å². The van der Waals surface area contributed by atoms with E-state index in [2.05, 4.69) is 10.3 Å². The molecule has 0 aliphatic heterocycles. The number of carboxylic acid groups (broad SMARTS) is 1. The third kappa shape index (κ3) is 5.71. The predicted molar refractivity (Wildman–Crippen MR) is 81.6 cm³/mol. The van der Waals surface area contributed by atoms with E-state index in [4.69, 9.17) is 16.7 Å². The Morgan fingerprint density at radius 3 is 2.57 bits per heavy atom. The highest BCUT2D eigenvalue weighted by Crippen LogP contribution is 2.14. The first-order chi connectivity index (χ1) is 9.83. The fraction of sp³-hybridized carbons (Fsp3) is 0.533. The van der Waals surface area contributed by atoms with Gasteiger partial charge >= 0.3 is 5.97 Å². The minimum Gasteiger partial charge on any atom is -0.481 e. The van der Waals surface area contributed by atoms with Gasteiger partial charge in [0.15, 0.2) is 0 Å². The summed E-state index contributed by atoms with van der Waals surface area (Å²) in [5.74, 6) is -1.23. The van der Waals surface area contributed by atoms with Crippen LogP contribution in [-0.2, 0) is 11.2 Å². The van der Waals surface area contributed by atoms with Crippen LogP contribution in [0.5, 0.6) is 0 Å². The maximum absolute atomic E-state index is 12.3. The van der Waals surface area contributed by atoms with E-state index in [0.29, 0.717) is 5.56 Å². The van der Waals surface area contributed by atoms with Crippen molar-refractivity contribution in [3.8, 4) is 0 Å². The lowest BCUT2D eigenvalue weighted by Gasteiger charge is -2.20. The Bertz CT molecular complexity index is 518. The van der Waals surface area contributed by atoms with Crippen molar-refractivity contribution in [2.75, 3.05) is 0 Å².